The number of benzene rings is 1. The number of para-hydroxylation sites is 1. The number of anilines is 1. The van der Waals surface area contributed by atoms with Crippen LogP contribution in [0.25, 0.3) is 10.9 Å². The third-order valence-corrected chi connectivity index (χ3v) is 3.72. The van der Waals surface area contributed by atoms with Crippen LogP contribution < -0.4 is 11.0 Å². The van der Waals surface area contributed by atoms with Crippen molar-refractivity contribution < 1.29 is 0 Å². The topological polar surface area (TPSA) is 75.1 Å². The van der Waals surface area contributed by atoms with Crippen molar-refractivity contribution in [2.45, 2.75) is 13.5 Å². The number of hydrogen-bond acceptors (Lipinski definition) is 4. The molecule has 2 N–H and O–H groups in total. The number of halogens is 1. The molecule has 0 amide bonds. The Bertz CT molecular complexity index is 896. The van der Waals surface area contributed by atoms with Crippen molar-refractivity contribution in [3.05, 3.63) is 57.6 Å². The number of aromatic nitrogens is 3. The third-order valence-electron chi connectivity index (χ3n) is 3.34. The Morgan fingerprint density at radius 3 is 3.09 bits per heavy atom. The summed E-state index contributed by atoms with van der Waals surface area (Å²) >= 11 is 5.87. The highest BCUT2D eigenvalue weighted by molar-refractivity contribution is 6.32. The first-order chi connectivity index (χ1) is 10.7. The number of aromatic amines is 1. The summed E-state index contributed by atoms with van der Waals surface area (Å²) in [7, 11) is 0. The maximum atomic E-state index is 11.3. The van der Waals surface area contributed by atoms with Crippen LogP contribution >= 0.6 is 11.6 Å². The Labute approximate surface area is 131 Å². The van der Waals surface area contributed by atoms with Crippen molar-refractivity contribution in [2.75, 3.05) is 5.43 Å². The first kappa shape index (κ1) is 14.3. The lowest BCUT2D eigenvalue weighted by molar-refractivity contribution is 0.797. The van der Waals surface area contributed by atoms with Gasteiger partial charge in [0.25, 0.3) is 5.56 Å². The highest BCUT2D eigenvalue weighted by Crippen LogP contribution is 2.20. The highest BCUT2D eigenvalue weighted by atomic mass is 35.5. The predicted molar refractivity (Wildman–Crippen MR) is 88.7 cm³/mol. The number of hydrogen-bond donors (Lipinski definition) is 2. The Morgan fingerprint density at radius 1 is 1.45 bits per heavy atom. The maximum Gasteiger partial charge on any atom is 0.285 e. The summed E-state index contributed by atoms with van der Waals surface area (Å²) in [6.07, 6.45) is 5.15. The summed E-state index contributed by atoms with van der Waals surface area (Å²) in [6.45, 7) is 2.97. The molecule has 2 aromatic heterocycles. The number of rotatable bonds is 4. The zero-order valence-corrected chi connectivity index (χ0v) is 12.6. The van der Waals surface area contributed by atoms with Gasteiger partial charge in [0.05, 0.1) is 12.4 Å². The van der Waals surface area contributed by atoms with Gasteiger partial charge in [-0.25, -0.2) is 5.10 Å². The van der Waals surface area contributed by atoms with Crippen LogP contribution in [-0.2, 0) is 6.54 Å². The first-order valence-corrected chi connectivity index (χ1v) is 7.18. The summed E-state index contributed by atoms with van der Waals surface area (Å²) in [6, 6.07) is 8.12. The number of nitrogens with one attached hydrogen (secondary N) is 2. The van der Waals surface area contributed by atoms with E-state index in [0.29, 0.717) is 5.69 Å². The van der Waals surface area contributed by atoms with Crippen molar-refractivity contribution in [3.8, 4) is 0 Å². The molecular formula is C15H14ClN5O. The van der Waals surface area contributed by atoms with Crippen LogP contribution in [0.5, 0.6) is 0 Å². The van der Waals surface area contributed by atoms with Gasteiger partial charge in [-0.2, -0.15) is 10.2 Å². The molecule has 3 rings (SSSR count). The second kappa shape index (κ2) is 6.03. The molecule has 2 heterocycles. The van der Waals surface area contributed by atoms with Crippen LogP contribution in [0.4, 0.5) is 5.69 Å². The molecule has 0 fully saturated rings. The molecule has 0 atom stereocenters. The van der Waals surface area contributed by atoms with Gasteiger partial charge in [-0.3, -0.25) is 10.2 Å². The summed E-state index contributed by atoms with van der Waals surface area (Å²) in [5.74, 6) is 0. The second-order valence-corrected chi connectivity index (χ2v) is 5.06. The lowest BCUT2D eigenvalue weighted by atomic mass is 10.2. The molecule has 22 heavy (non-hydrogen) atoms. The molecule has 0 radical (unpaired) electrons. The molecule has 0 unspecified atom stereocenters. The van der Waals surface area contributed by atoms with Crippen molar-refractivity contribution in [2.24, 2.45) is 5.10 Å². The van der Waals surface area contributed by atoms with E-state index in [9.17, 15) is 4.79 Å². The minimum absolute atomic E-state index is 0.0307. The lowest BCUT2D eigenvalue weighted by Crippen LogP contribution is -2.10. The monoisotopic (exact) mass is 315 g/mol. The van der Waals surface area contributed by atoms with Gasteiger partial charge in [0.2, 0.25) is 0 Å². The van der Waals surface area contributed by atoms with Crippen LogP contribution in [-0.4, -0.2) is 21.0 Å². The molecule has 0 aliphatic carbocycles. The van der Waals surface area contributed by atoms with Crippen molar-refractivity contribution in [3.63, 3.8) is 0 Å². The Balaban J connectivity index is 1.90. The Kier molecular flexibility index (Phi) is 3.93. The van der Waals surface area contributed by atoms with Gasteiger partial charge in [0.15, 0.2) is 0 Å². The molecular weight excluding hydrogens is 302 g/mol. The zero-order chi connectivity index (χ0) is 15.5. The average Bonchev–Trinajstić information content (AvgIpc) is 2.90. The fraction of sp³-hybridized carbons (Fsp3) is 0.133. The molecule has 112 valence electrons. The number of hydrazone groups is 1. The van der Waals surface area contributed by atoms with Crippen LogP contribution in [0.1, 0.15) is 12.5 Å². The molecule has 0 aliphatic rings. The van der Waals surface area contributed by atoms with Gasteiger partial charge in [-0.1, -0.05) is 29.8 Å². The van der Waals surface area contributed by atoms with E-state index in [1.165, 1.54) is 6.20 Å². The molecule has 0 saturated carbocycles. The number of fused-ring (bicyclic) bond motifs is 1. The summed E-state index contributed by atoms with van der Waals surface area (Å²) in [4.78, 5) is 11.3. The molecule has 1 aromatic carbocycles. The van der Waals surface area contributed by atoms with E-state index in [1.54, 1.807) is 6.21 Å². The minimum atomic E-state index is -0.454. The Morgan fingerprint density at radius 2 is 2.27 bits per heavy atom. The van der Waals surface area contributed by atoms with Gasteiger partial charge in [-0.05, 0) is 13.0 Å². The largest absolute Gasteiger partial charge is 0.347 e. The van der Waals surface area contributed by atoms with Gasteiger partial charge < -0.3 is 4.57 Å². The Hall–Kier alpha value is -2.60. The quantitative estimate of drug-likeness (QED) is 0.574. The third kappa shape index (κ3) is 2.60. The van der Waals surface area contributed by atoms with E-state index in [1.807, 2.05) is 24.4 Å². The van der Waals surface area contributed by atoms with Crippen molar-refractivity contribution in [1.29, 1.82) is 0 Å². The summed E-state index contributed by atoms with van der Waals surface area (Å²) in [5, 5.41) is 11.2. The molecule has 7 heteroatoms. The van der Waals surface area contributed by atoms with Crippen LogP contribution in [0, 0.1) is 0 Å². The molecule has 0 saturated heterocycles. The van der Waals surface area contributed by atoms with E-state index >= 15 is 0 Å². The average molecular weight is 316 g/mol. The smallest absolute Gasteiger partial charge is 0.285 e. The predicted octanol–water partition coefficient (Wildman–Crippen LogP) is 2.84. The second-order valence-electron chi connectivity index (χ2n) is 4.68. The molecule has 6 nitrogen and oxygen atoms in total. The van der Waals surface area contributed by atoms with Crippen molar-refractivity contribution in [1.82, 2.24) is 14.8 Å². The van der Waals surface area contributed by atoms with Gasteiger partial charge >= 0.3 is 0 Å². The van der Waals surface area contributed by atoms with Gasteiger partial charge in [-0.15, -0.1) is 0 Å². The van der Waals surface area contributed by atoms with Gasteiger partial charge in [0, 0.05) is 29.2 Å². The normalized spacial score (nSPS) is 11.4. The number of nitrogens with zero attached hydrogens (tertiary/aromatic N) is 3. The van der Waals surface area contributed by atoms with E-state index < -0.39 is 5.56 Å². The SMILES string of the molecule is CCn1cc(/C=N\Nc2cn[nH]c(=O)c2Cl)c2ccccc21. The van der Waals surface area contributed by atoms with Crippen LogP contribution in [0.3, 0.4) is 0 Å². The van der Waals surface area contributed by atoms with Crippen LogP contribution in [0.2, 0.25) is 5.02 Å². The molecule has 0 bridgehead atoms. The zero-order valence-electron chi connectivity index (χ0n) is 11.9. The lowest BCUT2D eigenvalue weighted by Gasteiger charge is -1.99. The number of H-pyrrole nitrogens is 1. The first-order valence-electron chi connectivity index (χ1n) is 6.81. The fourth-order valence-corrected chi connectivity index (χ4v) is 2.41. The maximum absolute atomic E-state index is 11.3. The highest BCUT2D eigenvalue weighted by Gasteiger charge is 2.06. The minimum Gasteiger partial charge on any atom is -0.347 e. The van der Waals surface area contributed by atoms with E-state index in [-0.39, 0.29) is 5.02 Å². The van der Waals surface area contributed by atoms with Crippen LogP contribution in [0.15, 0.2) is 46.6 Å². The van der Waals surface area contributed by atoms with E-state index in [4.69, 9.17) is 11.6 Å². The number of aryl methyl sites for hydroxylation is 1. The fourth-order valence-electron chi connectivity index (χ4n) is 2.27. The standard InChI is InChI=1S/C15H14ClN5O/c1-2-21-9-10(11-5-3-4-6-13(11)21)7-17-19-12-8-18-20-15(22)14(12)16/h3-9H,2H2,1H3,(H2,19,20,22)/b17-7-. The molecule has 3 aromatic rings. The van der Waals surface area contributed by atoms with Gasteiger partial charge in [0.1, 0.15) is 10.7 Å². The van der Waals surface area contributed by atoms with E-state index in [0.717, 1.165) is 23.0 Å². The molecule has 0 spiro atoms. The van der Waals surface area contributed by atoms with E-state index in [2.05, 4.69) is 38.3 Å². The summed E-state index contributed by atoms with van der Waals surface area (Å²) < 4.78 is 2.15. The van der Waals surface area contributed by atoms with Crippen molar-refractivity contribution >= 4 is 34.4 Å². The summed E-state index contributed by atoms with van der Waals surface area (Å²) in [5.41, 5.74) is 4.79. The molecule has 0 aliphatic heterocycles.